The highest BCUT2D eigenvalue weighted by molar-refractivity contribution is 14.1. The predicted octanol–water partition coefficient (Wildman–Crippen LogP) is 5.30. The summed E-state index contributed by atoms with van der Waals surface area (Å²) in [6, 6.07) is 3.89. The third-order valence-corrected chi connectivity index (χ3v) is 5.62. The van der Waals surface area contributed by atoms with E-state index in [4.69, 9.17) is 9.47 Å². The number of hydrogen-bond donors (Lipinski definition) is 0. The Morgan fingerprint density at radius 2 is 2.00 bits per heavy atom. The van der Waals surface area contributed by atoms with Crippen LogP contribution >= 0.6 is 22.6 Å². The predicted molar refractivity (Wildman–Crippen MR) is 96.7 cm³/mol. The molecule has 0 heterocycles. The van der Waals surface area contributed by atoms with E-state index >= 15 is 0 Å². The van der Waals surface area contributed by atoms with Crippen LogP contribution in [0.1, 0.15) is 74.7 Å². The molecule has 0 bridgehead atoms. The molecule has 22 heavy (non-hydrogen) atoms. The average molecular weight is 416 g/mol. The molecule has 3 nitrogen and oxygen atoms in total. The van der Waals surface area contributed by atoms with E-state index in [-0.39, 0.29) is 11.6 Å². The summed E-state index contributed by atoms with van der Waals surface area (Å²) in [7, 11) is 1.61. The third kappa shape index (κ3) is 3.76. The van der Waals surface area contributed by atoms with Gasteiger partial charge in [-0.05, 0) is 85.2 Å². The van der Waals surface area contributed by atoms with Gasteiger partial charge in [-0.2, -0.15) is 0 Å². The van der Waals surface area contributed by atoms with Crippen molar-refractivity contribution in [2.75, 3.05) is 7.11 Å². The molecule has 1 aliphatic carbocycles. The number of carbonyl (C=O) groups excluding carboxylic acids is 1. The number of benzene rings is 1. The zero-order chi connectivity index (χ0) is 16.3. The number of carbonyl (C=O) groups is 1. The van der Waals surface area contributed by atoms with E-state index < -0.39 is 0 Å². The molecular weight excluding hydrogens is 391 g/mol. The lowest BCUT2D eigenvalue weighted by Gasteiger charge is -2.25. The zero-order valence-corrected chi connectivity index (χ0v) is 16.0. The first kappa shape index (κ1) is 17.6. The maximum atomic E-state index is 12.6. The zero-order valence-electron chi connectivity index (χ0n) is 13.9. The lowest BCUT2D eigenvalue weighted by molar-refractivity contribution is -0.00637. The molecule has 0 radical (unpaired) electrons. The van der Waals surface area contributed by atoms with Gasteiger partial charge in [0.2, 0.25) is 0 Å². The van der Waals surface area contributed by atoms with Gasteiger partial charge in [0, 0.05) is 3.57 Å². The minimum Gasteiger partial charge on any atom is -0.496 e. The summed E-state index contributed by atoms with van der Waals surface area (Å²) >= 11 is 2.30. The first-order valence-electron chi connectivity index (χ1n) is 8.01. The second kappa shape index (κ2) is 7.20. The van der Waals surface area contributed by atoms with Crippen molar-refractivity contribution in [1.29, 1.82) is 0 Å². The van der Waals surface area contributed by atoms with Crippen LogP contribution in [0.5, 0.6) is 5.75 Å². The van der Waals surface area contributed by atoms with E-state index in [9.17, 15) is 4.79 Å². The maximum Gasteiger partial charge on any atom is 0.342 e. The van der Waals surface area contributed by atoms with Crippen molar-refractivity contribution in [3.8, 4) is 5.75 Å². The monoisotopic (exact) mass is 416 g/mol. The topological polar surface area (TPSA) is 35.5 Å². The Labute approximate surface area is 146 Å². The second-order valence-electron chi connectivity index (χ2n) is 6.43. The molecule has 0 amide bonds. The van der Waals surface area contributed by atoms with Crippen LogP contribution in [0.15, 0.2) is 12.1 Å². The highest BCUT2D eigenvalue weighted by Gasteiger charge is 2.33. The fourth-order valence-corrected chi connectivity index (χ4v) is 4.00. The SMILES string of the molecule is CCC(C)c1cc(OC)c(C(=O)OC2(C)CCCC2)cc1I. The van der Waals surface area contributed by atoms with E-state index in [1.54, 1.807) is 7.11 Å². The molecule has 1 aliphatic rings. The van der Waals surface area contributed by atoms with E-state index in [0.717, 1.165) is 35.7 Å². The number of ether oxygens (including phenoxy) is 2. The van der Waals surface area contributed by atoms with Crippen molar-refractivity contribution >= 4 is 28.6 Å². The van der Waals surface area contributed by atoms with E-state index in [0.29, 0.717) is 17.2 Å². The Morgan fingerprint density at radius 1 is 1.36 bits per heavy atom. The smallest absolute Gasteiger partial charge is 0.342 e. The summed E-state index contributed by atoms with van der Waals surface area (Å²) in [5, 5.41) is 0. The van der Waals surface area contributed by atoms with Crippen LogP contribution in [0.3, 0.4) is 0 Å². The Kier molecular flexibility index (Phi) is 5.75. The van der Waals surface area contributed by atoms with Crippen LogP contribution in [0.2, 0.25) is 0 Å². The molecule has 0 spiro atoms. The fraction of sp³-hybridized carbons (Fsp3) is 0.611. The maximum absolute atomic E-state index is 12.6. The molecule has 0 saturated heterocycles. The molecule has 1 fully saturated rings. The van der Waals surface area contributed by atoms with Crippen LogP contribution < -0.4 is 4.74 Å². The van der Waals surface area contributed by atoms with Gasteiger partial charge < -0.3 is 9.47 Å². The number of hydrogen-bond acceptors (Lipinski definition) is 3. The normalized spacial score (nSPS) is 18.0. The van der Waals surface area contributed by atoms with E-state index in [1.807, 2.05) is 19.1 Å². The summed E-state index contributed by atoms with van der Waals surface area (Å²) in [4.78, 5) is 12.6. The summed E-state index contributed by atoms with van der Waals surface area (Å²) in [6.45, 7) is 6.38. The largest absolute Gasteiger partial charge is 0.496 e. The molecule has 0 aromatic heterocycles. The fourth-order valence-electron chi connectivity index (χ4n) is 3.00. The van der Waals surface area contributed by atoms with Crippen molar-refractivity contribution in [2.45, 2.75) is 64.4 Å². The average Bonchev–Trinajstić information content (AvgIpc) is 2.92. The first-order valence-corrected chi connectivity index (χ1v) is 9.09. The number of rotatable bonds is 5. The Balaban J connectivity index is 2.30. The van der Waals surface area contributed by atoms with Crippen molar-refractivity contribution in [3.63, 3.8) is 0 Å². The minimum atomic E-state index is -0.317. The highest BCUT2D eigenvalue weighted by Crippen LogP contribution is 2.36. The number of methoxy groups -OCH3 is 1. The molecule has 2 rings (SSSR count). The van der Waals surface area contributed by atoms with Gasteiger partial charge in [0.25, 0.3) is 0 Å². The van der Waals surface area contributed by atoms with Crippen molar-refractivity contribution in [1.82, 2.24) is 0 Å². The Morgan fingerprint density at radius 3 is 2.55 bits per heavy atom. The van der Waals surface area contributed by atoms with Crippen LogP contribution in [0.4, 0.5) is 0 Å². The molecule has 0 aliphatic heterocycles. The summed E-state index contributed by atoms with van der Waals surface area (Å²) in [5.41, 5.74) is 1.44. The summed E-state index contributed by atoms with van der Waals surface area (Å²) < 4.78 is 12.3. The quantitative estimate of drug-likeness (QED) is 0.483. The highest BCUT2D eigenvalue weighted by atomic mass is 127. The third-order valence-electron chi connectivity index (χ3n) is 4.68. The van der Waals surface area contributed by atoms with Gasteiger partial charge in [-0.15, -0.1) is 0 Å². The number of halogens is 1. The van der Waals surface area contributed by atoms with Crippen molar-refractivity contribution < 1.29 is 14.3 Å². The molecule has 1 atom stereocenters. The van der Waals surface area contributed by atoms with Crippen LogP contribution in [0, 0.1) is 3.57 Å². The van der Waals surface area contributed by atoms with Gasteiger partial charge in [-0.25, -0.2) is 4.79 Å². The molecule has 1 unspecified atom stereocenters. The minimum absolute atomic E-state index is 0.269. The Bertz CT molecular complexity index is 548. The van der Waals surface area contributed by atoms with Crippen molar-refractivity contribution in [2.24, 2.45) is 0 Å². The lowest BCUT2D eigenvalue weighted by Crippen LogP contribution is -2.28. The molecular formula is C18H25IO3. The van der Waals surface area contributed by atoms with Gasteiger partial charge in [0.05, 0.1) is 7.11 Å². The van der Waals surface area contributed by atoms with Crippen molar-refractivity contribution in [3.05, 3.63) is 26.8 Å². The summed E-state index contributed by atoms with van der Waals surface area (Å²) in [6.07, 6.45) is 5.21. The summed E-state index contributed by atoms with van der Waals surface area (Å²) in [5.74, 6) is 0.787. The van der Waals surface area contributed by atoms with E-state index in [1.165, 1.54) is 5.56 Å². The molecule has 122 valence electrons. The standard InChI is InChI=1S/C18H25IO3/c1-5-12(2)13-11-16(21-4)14(10-15(13)19)17(20)22-18(3)8-6-7-9-18/h10-12H,5-9H2,1-4H3. The lowest BCUT2D eigenvalue weighted by atomic mass is 9.97. The molecule has 1 aromatic rings. The van der Waals surface area contributed by atoms with Gasteiger partial charge in [0.1, 0.15) is 16.9 Å². The van der Waals surface area contributed by atoms with Crippen LogP contribution in [0.25, 0.3) is 0 Å². The van der Waals surface area contributed by atoms with Gasteiger partial charge >= 0.3 is 5.97 Å². The van der Waals surface area contributed by atoms with Gasteiger partial charge in [-0.1, -0.05) is 13.8 Å². The van der Waals surface area contributed by atoms with Crippen LogP contribution in [-0.2, 0) is 4.74 Å². The first-order chi connectivity index (χ1) is 10.4. The van der Waals surface area contributed by atoms with Gasteiger partial charge in [0.15, 0.2) is 0 Å². The molecule has 1 saturated carbocycles. The van der Waals surface area contributed by atoms with E-state index in [2.05, 4.69) is 36.4 Å². The Hall–Kier alpha value is -0.780. The molecule has 1 aromatic carbocycles. The van der Waals surface area contributed by atoms with Crippen LogP contribution in [-0.4, -0.2) is 18.7 Å². The van der Waals surface area contributed by atoms with Gasteiger partial charge in [-0.3, -0.25) is 0 Å². The molecule has 4 heteroatoms. The number of esters is 1. The second-order valence-corrected chi connectivity index (χ2v) is 7.59. The molecule has 0 N–H and O–H groups in total.